The second kappa shape index (κ2) is 7.66. The summed E-state index contributed by atoms with van der Waals surface area (Å²) in [4.78, 5) is 0. The topological polar surface area (TPSA) is 24.1 Å². The molecule has 1 aliphatic rings. The van der Waals surface area contributed by atoms with E-state index in [-0.39, 0.29) is 0 Å². The summed E-state index contributed by atoms with van der Waals surface area (Å²) in [5.41, 5.74) is 2.95. The summed E-state index contributed by atoms with van der Waals surface area (Å²) < 4.78 is 0. The average molecular weight is 260 g/mol. The van der Waals surface area contributed by atoms with Gasteiger partial charge in [0.25, 0.3) is 0 Å². The third-order valence-electron chi connectivity index (χ3n) is 4.08. The highest BCUT2D eigenvalue weighted by Gasteiger charge is 2.19. The van der Waals surface area contributed by atoms with Crippen LogP contribution in [0.4, 0.5) is 0 Å². The Morgan fingerprint density at radius 3 is 3.00 bits per heavy atom. The maximum atomic E-state index is 3.83. The normalized spacial score (nSPS) is 20.6. The molecule has 2 N–H and O–H groups in total. The number of hydrogen-bond donors (Lipinski definition) is 2. The van der Waals surface area contributed by atoms with Crippen LogP contribution < -0.4 is 10.6 Å². The first-order valence-electron chi connectivity index (χ1n) is 7.85. The molecule has 2 heteroatoms. The highest BCUT2D eigenvalue weighted by molar-refractivity contribution is 5.31. The molecule has 0 radical (unpaired) electrons. The maximum Gasteiger partial charge on any atom is 0.0337 e. The lowest BCUT2D eigenvalue weighted by Crippen LogP contribution is -2.31. The van der Waals surface area contributed by atoms with Crippen LogP contribution in [0.25, 0.3) is 0 Å². The zero-order valence-corrected chi connectivity index (χ0v) is 12.4. The molecule has 19 heavy (non-hydrogen) atoms. The fourth-order valence-electron chi connectivity index (χ4n) is 2.96. The van der Waals surface area contributed by atoms with Gasteiger partial charge in [-0.2, -0.15) is 0 Å². The minimum atomic E-state index is 0.517. The molecule has 1 aliphatic heterocycles. The Kier molecular flexibility index (Phi) is 5.87. The van der Waals surface area contributed by atoms with Crippen molar-refractivity contribution in [1.29, 1.82) is 0 Å². The summed E-state index contributed by atoms with van der Waals surface area (Å²) >= 11 is 0. The van der Waals surface area contributed by atoms with E-state index in [0.717, 1.165) is 13.1 Å². The number of benzene rings is 1. The highest BCUT2D eigenvalue weighted by Crippen LogP contribution is 2.24. The van der Waals surface area contributed by atoms with Gasteiger partial charge in [0.1, 0.15) is 0 Å². The van der Waals surface area contributed by atoms with Crippen LogP contribution in [0, 0.1) is 0 Å². The van der Waals surface area contributed by atoms with Crippen molar-refractivity contribution in [3.05, 3.63) is 35.4 Å². The molecule has 0 spiro atoms. The quantitative estimate of drug-likeness (QED) is 0.761. The number of hydrogen-bond acceptors (Lipinski definition) is 2. The lowest BCUT2D eigenvalue weighted by atomic mass is 9.98. The summed E-state index contributed by atoms with van der Waals surface area (Å²) in [5, 5.41) is 7.35. The number of rotatable bonds is 6. The molecule has 0 bridgehead atoms. The molecule has 2 rings (SSSR count). The van der Waals surface area contributed by atoms with E-state index in [9.17, 15) is 0 Å². The zero-order valence-electron chi connectivity index (χ0n) is 12.4. The van der Waals surface area contributed by atoms with Gasteiger partial charge < -0.3 is 10.6 Å². The van der Waals surface area contributed by atoms with Crippen LogP contribution in [0.2, 0.25) is 0 Å². The summed E-state index contributed by atoms with van der Waals surface area (Å²) in [7, 11) is 0. The number of unbranched alkanes of at least 4 members (excludes halogenated alkanes) is 2. The fourth-order valence-corrected chi connectivity index (χ4v) is 2.96. The molecule has 2 nitrogen and oxygen atoms in total. The van der Waals surface area contributed by atoms with Gasteiger partial charge >= 0.3 is 0 Å². The van der Waals surface area contributed by atoms with Gasteiger partial charge in [-0.25, -0.2) is 0 Å². The first-order chi connectivity index (χ1) is 9.31. The molecule has 0 saturated heterocycles. The summed E-state index contributed by atoms with van der Waals surface area (Å²) in [6.45, 7) is 6.72. The molecule has 0 aliphatic carbocycles. The van der Waals surface area contributed by atoms with Gasteiger partial charge in [-0.1, -0.05) is 50.5 Å². The van der Waals surface area contributed by atoms with Crippen molar-refractivity contribution in [3.8, 4) is 0 Å². The van der Waals surface area contributed by atoms with Crippen LogP contribution in [-0.4, -0.2) is 12.6 Å². The van der Waals surface area contributed by atoms with Gasteiger partial charge in [0.05, 0.1) is 0 Å². The molecule has 0 fully saturated rings. The van der Waals surface area contributed by atoms with Crippen molar-refractivity contribution in [2.24, 2.45) is 0 Å². The van der Waals surface area contributed by atoms with Crippen molar-refractivity contribution in [2.75, 3.05) is 6.54 Å². The molecule has 0 amide bonds. The molecule has 1 aromatic rings. The summed E-state index contributed by atoms with van der Waals surface area (Å²) in [5.74, 6) is 0. The standard InChI is InChI=1S/C17H28N2/c1-3-4-5-8-14(2)19-17-11-12-18-13-15-9-6-7-10-16(15)17/h6-7,9-10,14,17-19H,3-5,8,11-13H2,1-2H3. The lowest BCUT2D eigenvalue weighted by molar-refractivity contribution is 0.407. The van der Waals surface area contributed by atoms with Gasteiger partial charge in [-0.05, 0) is 37.4 Å². The first kappa shape index (κ1) is 14.5. The van der Waals surface area contributed by atoms with Gasteiger partial charge in [0, 0.05) is 18.6 Å². The minimum absolute atomic E-state index is 0.517. The fraction of sp³-hybridized carbons (Fsp3) is 0.647. The second-order valence-electron chi connectivity index (χ2n) is 5.78. The Hall–Kier alpha value is -0.860. The van der Waals surface area contributed by atoms with Crippen LogP contribution in [-0.2, 0) is 6.54 Å². The SMILES string of the molecule is CCCCCC(C)NC1CCNCc2ccccc21. The van der Waals surface area contributed by atoms with E-state index in [2.05, 4.69) is 48.7 Å². The predicted octanol–water partition coefficient (Wildman–Crippen LogP) is 3.78. The zero-order chi connectivity index (χ0) is 13.5. The van der Waals surface area contributed by atoms with E-state index in [1.807, 2.05) is 0 Å². The van der Waals surface area contributed by atoms with Crippen molar-refractivity contribution in [2.45, 2.75) is 64.6 Å². The summed E-state index contributed by atoms with van der Waals surface area (Å²) in [6, 6.07) is 9.99. The monoisotopic (exact) mass is 260 g/mol. The van der Waals surface area contributed by atoms with E-state index >= 15 is 0 Å². The van der Waals surface area contributed by atoms with E-state index in [0.29, 0.717) is 12.1 Å². The van der Waals surface area contributed by atoms with Crippen LogP contribution in [0.3, 0.4) is 0 Å². The Labute approximate surface area is 118 Å². The van der Waals surface area contributed by atoms with Gasteiger partial charge in [0.2, 0.25) is 0 Å². The van der Waals surface area contributed by atoms with Gasteiger partial charge in [-0.3, -0.25) is 0 Å². The molecule has 2 unspecified atom stereocenters. The third-order valence-corrected chi connectivity index (χ3v) is 4.08. The Balaban J connectivity index is 1.95. The van der Waals surface area contributed by atoms with Crippen LogP contribution in [0.1, 0.15) is 63.1 Å². The van der Waals surface area contributed by atoms with Crippen molar-refractivity contribution >= 4 is 0 Å². The average Bonchev–Trinajstić information content (AvgIpc) is 2.62. The van der Waals surface area contributed by atoms with Crippen LogP contribution in [0.15, 0.2) is 24.3 Å². The minimum Gasteiger partial charge on any atom is -0.313 e. The largest absolute Gasteiger partial charge is 0.313 e. The van der Waals surface area contributed by atoms with Gasteiger partial charge in [-0.15, -0.1) is 0 Å². The maximum absolute atomic E-state index is 3.83. The van der Waals surface area contributed by atoms with E-state index < -0.39 is 0 Å². The second-order valence-corrected chi connectivity index (χ2v) is 5.78. The molecule has 0 aromatic heterocycles. The number of fused-ring (bicyclic) bond motifs is 1. The Bertz CT molecular complexity index is 375. The Morgan fingerprint density at radius 2 is 2.16 bits per heavy atom. The number of nitrogens with one attached hydrogen (secondary N) is 2. The van der Waals surface area contributed by atoms with E-state index in [1.165, 1.54) is 43.2 Å². The molecule has 1 heterocycles. The van der Waals surface area contributed by atoms with E-state index in [1.54, 1.807) is 0 Å². The molecular weight excluding hydrogens is 232 g/mol. The first-order valence-corrected chi connectivity index (χ1v) is 7.85. The van der Waals surface area contributed by atoms with Crippen molar-refractivity contribution < 1.29 is 0 Å². The van der Waals surface area contributed by atoms with Crippen molar-refractivity contribution in [1.82, 2.24) is 10.6 Å². The van der Waals surface area contributed by atoms with E-state index in [4.69, 9.17) is 0 Å². The summed E-state index contributed by atoms with van der Waals surface area (Å²) in [6.07, 6.45) is 6.49. The van der Waals surface area contributed by atoms with Crippen LogP contribution in [0.5, 0.6) is 0 Å². The molecule has 1 aromatic carbocycles. The van der Waals surface area contributed by atoms with Crippen molar-refractivity contribution in [3.63, 3.8) is 0 Å². The molecular formula is C17H28N2. The Morgan fingerprint density at radius 1 is 1.32 bits per heavy atom. The smallest absolute Gasteiger partial charge is 0.0337 e. The molecule has 2 atom stereocenters. The molecule has 106 valence electrons. The molecule has 0 saturated carbocycles. The third kappa shape index (κ3) is 4.32. The predicted molar refractivity (Wildman–Crippen MR) is 82.2 cm³/mol. The highest BCUT2D eigenvalue weighted by atomic mass is 15.0. The van der Waals surface area contributed by atoms with Crippen LogP contribution >= 0.6 is 0 Å². The lowest BCUT2D eigenvalue weighted by Gasteiger charge is -2.24. The van der Waals surface area contributed by atoms with Gasteiger partial charge in [0.15, 0.2) is 0 Å².